The monoisotopic (exact) mass is 352 g/mol. The number of hydrogen-bond acceptors (Lipinski definition) is 5. The van der Waals surface area contributed by atoms with E-state index in [1.165, 1.54) is 0 Å². The van der Waals surface area contributed by atoms with Gasteiger partial charge in [0.05, 0.1) is 24.9 Å². The SMILES string of the molecule is Cc1cc(C(=O)N2Cc3cccn3[C@@H](CCOc3ccccn3)C2)on1. The number of amides is 1. The third kappa shape index (κ3) is 3.33. The Labute approximate surface area is 151 Å². The number of rotatable bonds is 5. The fourth-order valence-electron chi connectivity index (χ4n) is 3.26. The Morgan fingerprint density at radius 3 is 3.04 bits per heavy atom. The molecule has 4 heterocycles. The highest BCUT2D eigenvalue weighted by Crippen LogP contribution is 2.26. The van der Waals surface area contributed by atoms with E-state index in [0.29, 0.717) is 31.3 Å². The normalized spacial score (nSPS) is 16.3. The Morgan fingerprint density at radius 2 is 2.27 bits per heavy atom. The van der Waals surface area contributed by atoms with Gasteiger partial charge in [-0.15, -0.1) is 0 Å². The highest BCUT2D eigenvalue weighted by Gasteiger charge is 2.29. The van der Waals surface area contributed by atoms with Crippen LogP contribution in [-0.4, -0.2) is 38.7 Å². The molecule has 3 aromatic rings. The zero-order chi connectivity index (χ0) is 17.9. The maximum Gasteiger partial charge on any atom is 0.292 e. The first-order valence-electron chi connectivity index (χ1n) is 8.63. The molecule has 0 spiro atoms. The summed E-state index contributed by atoms with van der Waals surface area (Å²) >= 11 is 0. The molecule has 7 heteroatoms. The lowest BCUT2D eigenvalue weighted by atomic mass is 10.1. The van der Waals surface area contributed by atoms with Crippen molar-refractivity contribution in [2.45, 2.75) is 25.9 Å². The minimum atomic E-state index is -0.131. The van der Waals surface area contributed by atoms with Gasteiger partial charge in [-0.3, -0.25) is 4.79 Å². The fraction of sp³-hybridized carbons (Fsp3) is 0.316. The minimum Gasteiger partial charge on any atom is -0.478 e. The molecular formula is C19H20N4O3. The van der Waals surface area contributed by atoms with Crippen molar-refractivity contribution in [3.8, 4) is 5.88 Å². The van der Waals surface area contributed by atoms with E-state index in [1.54, 1.807) is 24.1 Å². The summed E-state index contributed by atoms with van der Waals surface area (Å²) in [5, 5.41) is 3.81. The number of carbonyl (C=O) groups is 1. The molecule has 0 aliphatic carbocycles. The van der Waals surface area contributed by atoms with Crippen molar-refractivity contribution in [2.75, 3.05) is 13.2 Å². The van der Waals surface area contributed by atoms with Gasteiger partial charge in [-0.2, -0.15) is 0 Å². The van der Waals surface area contributed by atoms with E-state index in [9.17, 15) is 4.79 Å². The Balaban J connectivity index is 1.45. The minimum absolute atomic E-state index is 0.131. The van der Waals surface area contributed by atoms with Crippen molar-refractivity contribution in [1.82, 2.24) is 19.6 Å². The van der Waals surface area contributed by atoms with Crippen LogP contribution >= 0.6 is 0 Å². The van der Waals surface area contributed by atoms with Gasteiger partial charge in [0, 0.05) is 43.2 Å². The predicted molar refractivity (Wildman–Crippen MR) is 93.8 cm³/mol. The summed E-state index contributed by atoms with van der Waals surface area (Å²) in [5.41, 5.74) is 1.80. The maximum absolute atomic E-state index is 12.7. The molecule has 7 nitrogen and oxygen atoms in total. The second kappa shape index (κ2) is 7.03. The Hall–Kier alpha value is -3.09. The van der Waals surface area contributed by atoms with Gasteiger partial charge in [0.2, 0.25) is 11.6 Å². The van der Waals surface area contributed by atoms with Crippen LogP contribution in [0.1, 0.15) is 34.4 Å². The average molecular weight is 352 g/mol. The smallest absolute Gasteiger partial charge is 0.292 e. The van der Waals surface area contributed by atoms with E-state index in [0.717, 1.165) is 12.1 Å². The maximum atomic E-state index is 12.7. The zero-order valence-electron chi connectivity index (χ0n) is 14.5. The van der Waals surface area contributed by atoms with Gasteiger partial charge in [0.15, 0.2) is 0 Å². The molecule has 1 amide bonds. The van der Waals surface area contributed by atoms with Crippen molar-refractivity contribution in [3.05, 3.63) is 65.9 Å². The largest absolute Gasteiger partial charge is 0.478 e. The standard InChI is InChI=1S/C19H20N4O3/c1-14-11-17(26-21-14)19(24)22-12-15-5-4-9-23(15)16(13-22)7-10-25-18-6-2-3-8-20-18/h2-6,8-9,11,16H,7,10,12-13H2,1H3/t16-/m0/s1. The lowest BCUT2D eigenvalue weighted by Crippen LogP contribution is -2.41. The van der Waals surface area contributed by atoms with Crippen LogP contribution in [0.4, 0.5) is 0 Å². The van der Waals surface area contributed by atoms with Crippen LogP contribution in [0, 0.1) is 6.92 Å². The molecule has 0 N–H and O–H groups in total. The molecule has 3 aromatic heterocycles. The van der Waals surface area contributed by atoms with E-state index >= 15 is 0 Å². The molecule has 26 heavy (non-hydrogen) atoms. The van der Waals surface area contributed by atoms with Crippen LogP contribution in [0.3, 0.4) is 0 Å². The second-order valence-electron chi connectivity index (χ2n) is 6.38. The summed E-state index contributed by atoms with van der Waals surface area (Å²) in [6.45, 7) is 3.50. The Morgan fingerprint density at radius 1 is 1.35 bits per heavy atom. The first kappa shape index (κ1) is 16.4. The third-order valence-electron chi connectivity index (χ3n) is 4.51. The van der Waals surface area contributed by atoms with Gasteiger partial charge in [-0.05, 0) is 25.1 Å². The van der Waals surface area contributed by atoms with Crippen LogP contribution in [0.15, 0.2) is 53.3 Å². The van der Waals surface area contributed by atoms with E-state index in [1.807, 2.05) is 30.3 Å². The average Bonchev–Trinajstić information content (AvgIpc) is 3.30. The highest BCUT2D eigenvalue weighted by atomic mass is 16.5. The summed E-state index contributed by atoms with van der Waals surface area (Å²) in [5.74, 6) is 0.765. The van der Waals surface area contributed by atoms with Gasteiger partial charge in [-0.1, -0.05) is 11.2 Å². The summed E-state index contributed by atoms with van der Waals surface area (Å²) in [6, 6.07) is 11.5. The van der Waals surface area contributed by atoms with Crippen molar-refractivity contribution in [1.29, 1.82) is 0 Å². The molecule has 134 valence electrons. The van der Waals surface area contributed by atoms with Crippen LogP contribution in [0.25, 0.3) is 0 Å². The van der Waals surface area contributed by atoms with E-state index in [2.05, 4.69) is 20.9 Å². The quantitative estimate of drug-likeness (QED) is 0.706. The summed E-state index contributed by atoms with van der Waals surface area (Å²) < 4.78 is 13.1. The summed E-state index contributed by atoms with van der Waals surface area (Å²) in [6.07, 6.45) is 4.54. The Kier molecular flexibility index (Phi) is 4.43. The lowest BCUT2D eigenvalue weighted by molar-refractivity contribution is 0.0623. The van der Waals surface area contributed by atoms with Gasteiger partial charge >= 0.3 is 0 Å². The predicted octanol–water partition coefficient (Wildman–Crippen LogP) is 2.85. The number of pyridine rings is 1. The molecule has 0 aromatic carbocycles. The van der Waals surface area contributed by atoms with E-state index in [4.69, 9.17) is 9.26 Å². The number of aryl methyl sites for hydroxylation is 1. The van der Waals surface area contributed by atoms with Crippen molar-refractivity contribution >= 4 is 5.91 Å². The van der Waals surface area contributed by atoms with Crippen molar-refractivity contribution in [3.63, 3.8) is 0 Å². The molecule has 4 rings (SSSR count). The summed E-state index contributed by atoms with van der Waals surface area (Å²) in [7, 11) is 0. The topological polar surface area (TPSA) is 73.4 Å². The van der Waals surface area contributed by atoms with Gasteiger partial charge < -0.3 is 18.7 Å². The molecule has 0 radical (unpaired) electrons. The molecule has 1 aliphatic heterocycles. The van der Waals surface area contributed by atoms with E-state index < -0.39 is 0 Å². The molecule has 0 saturated heterocycles. The molecule has 1 aliphatic rings. The number of aromatic nitrogens is 3. The lowest BCUT2D eigenvalue weighted by Gasteiger charge is -2.34. The van der Waals surface area contributed by atoms with E-state index in [-0.39, 0.29) is 17.7 Å². The number of hydrogen-bond donors (Lipinski definition) is 0. The third-order valence-corrected chi connectivity index (χ3v) is 4.51. The van der Waals surface area contributed by atoms with Crippen LogP contribution < -0.4 is 4.74 Å². The second-order valence-corrected chi connectivity index (χ2v) is 6.38. The van der Waals surface area contributed by atoms with Gasteiger partial charge in [0.25, 0.3) is 5.91 Å². The van der Waals surface area contributed by atoms with Crippen molar-refractivity contribution < 1.29 is 14.1 Å². The highest BCUT2D eigenvalue weighted by molar-refractivity contribution is 5.91. The molecule has 0 saturated carbocycles. The van der Waals surface area contributed by atoms with Crippen LogP contribution in [-0.2, 0) is 6.54 Å². The van der Waals surface area contributed by atoms with Crippen LogP contribution in [0.2, 0.25) is 0 Å². The molecule has 0 fully saturated rings. The molecule has 0 bridgehead atoms. The number of ether oxygens (including phenoxy) is 1. The van der Waals surface area contributed by atoms with Gasteiger partial charge in [-0.25, -0.2) is 4.98 Å². The first-order chi connectivity index (χ1) is 12.7. The molecule has 0 unspecified atom stereocenters. The van der Waals surface area contributed by atoms with Crippen LogP contribution in [0.5, 0.6) is 5.88 Å². The molecule has 1 atom stereocenters. The fourth-order valence-corrected chi connectivity index (χ4v) is 3.26. The summed E-state index contributed by atoms with van der Waals surface area (Å²) in [4.78, 5) is 18.7. The number of fused-ring (bicyclic) bond motifs is 1. The Bertz CT molecular complexity index is 887. The number of nitrogens with zero attached hydrogens (tertiary/aromatic N) is 4. The molecular weight excluding hydrogens is 332 g/mol. The van der Waals surface area contributed by atoms with Gasteiger partial charge in [0.1, 0.15) is 0 Å². The first-order valence-corrected chi connectivity index (χ1v) is 8.63. The van der Waals surface area contributed by atoms with Crippen molar-refractivity contribution in [2.24, 2.45) is 0 Å². The zero-order valence-corrected chi connectivity index (χ0v) is 14.5. The number of carbonyl (C=O) groups excluding carboxylic acids is 1.